The summed E-state index contributed by atoms with van der Waals surface area (Å²) in [6.45, 7) is 4.31. The van der Waals surface area contributed by atoms with Crippen LogP contribution in [0.15, 0.2) is 12.2 Å². The molecule has 0 aromatic carbocycles. The summed E-state index contributed by atoms with van der Waals surface area (Å²) in [5.41, 5.74) is 0. The normalized spacial score (nSPS) is 25.2. The third kappa shape index (κ3) is 9.52. The van der Waals surface area contributed by atoms with Crippen LogP contribution in [0.3, 0.4) is 0 Å². The number of unbranched alkanes of at least 4 members (excludes halogenated alkanes) is 4. The summed E-state index contributed by atoms with van der Waals surface area (Å²) in [7, 11) is 0. The number of carboxylic acid groups (broad SMARTS) is 1. The summed E-state index contributed by atoms with van der Waals surface area (Å²) in [6.07, 6.45) is 11.0. The molecule has 3 N–H and O–H groups in total. The monoisotopic (exact) mass is 382 g/mol. The number of aliphatic carboxylic acids is 1. The van der Waals surface area contributed by atoms with Crippen molar-refractivity contribution in [3.63, 3.8) is 0 Å². The number of carbonyl (C=O) groups is 2. The van der Waals surface area contributed by atoms with Crippen molar-refractivity contribution in [3.05, 3.63) is 12.2 Å². The van der Waals surface area contributed by atoms with Crippen LogP contribution in [0.1, 0.15) is 84.5 Å². The maximum absolute atomic E-state index is 12.2. The van der Waals surface area contributed by atoms with Gasteiger partial charge in [-0.1, -0.05) is 64.5 Å². The van der Waals surface area contributed by atoms with E-state index in [1.54, 1.807) is 6.08 Å². The third-order valence-electron chi connectivity index (χ3n) is 5.64. The number of ketones is 1. The van der Waals surface area contributed by atoms with Gasteiger partial charge in [-0.15, -0.1) is 0 Å². The Labute approximate surface area is 163 Å². The van der Waals surface area contributed by atoms with Crippen LogP contribution in [0, 0.1) is 17.8 Å². The van der Waals surface area contributed by atoms with E-state index in [0.29, 0.717) is 18.8 Å². The highest BCUT2D eigenvalue weighted by molar-refractivity contribution is 5.84. The minimum Gasteiger partial charge on any atom is -0.481 e. The van der Waals surface area contributed by atoms with Crippen LogP contribution in [-0.2, 0) is 9.59 Å². The molecule has 5 atom stereocenters. The first-order valence-electron chi connectivity index (χ1n) is 10.6. The summed E-state index contributed by atoms with van der Waals surface area (Å²) in [4.78, 5) is 22.7. The van der Waals surface area contributed by atoms with E-state index < -0.39 is 18.2 Å². The molecule has 156 valence electrons. The van der Waals surface area contributed by atoms with Crippen LogP contribution in [0.5, 0.6) is 0 Å². The molecule has 0 radical (unpaired) electrons. The molecule has 5 nitrogen and oxygen atoms in total. The Morgan fingerprint density at radius 3 is 2.59 bits per heavy atom. The number of carboxylic acids is 1. The molecule has 0 amide bonds. The first-order valence-corrected chi connectivity index (χ1v) is 10.6. The van der Waals surface area contributed by atoms with E-state index in [9.17, 15) is 19.8 Å². The van der Waals surface area contributed by atoms with Crippen LogP contribution >= 0.6 is 0 Å². The van der Waals surface area contributed by atoms with Crippen molar-refractivity contribution in [3.8, 4) is 0 Å². The second-order valence-electron chi connectivity index (χ2n) is 8.20. The fourth-order valence-electron chi connectivity index (χ4n) is 4.00. The summed E-state index contributed by atoms with van der Waals surface area (Å²) in [5, 5.41) is 29.1. The molecule has 1 aliphatic rings. The Bertz CT molecular complexity index is 473. The van der Waals surface area contributed by atoms with Gasteiger partial charge in [-0.25, -0.2) is 0 Å². The van der Waals surface area contributed by atoms with Gasteiger partial charge in [0.1, 0.15) is 5.78 Å². The molecule has 0 bridgehead atoms. The van der Waals surface area contributed by atoms with Gasteiger partial charge in [-0.3, -0.25) is 9.59 Å². The molecule has 0 unspecified atom stereocenters. The largest absolute Gasteiger partial charge is 0.481 e. The van der Waals surface area contributed by atoms with E-state index in [1.807, 2.05) is 6.08 Å². The first kappa shape index (κ1) is 23.8. The predicted octanol–water partition coefficient (Wildman–Crippen LogP) is 4.11. The van der Waals surface area contributed by atoms with Crippen LogP contribution in [-0.4, -0.2) is 39.3 Å². The van der Waals surface area contributed by atoms with Gasteiger partial charge in [-0.05, 0) is 25.2 Å². The topological polar surface area (TPSA) is 94.8 Å². The van der Waals surface area contributed by atoms with Crippen LogP contribution in [0.25, 0.3) is 0 Å². The fourth-order valence-corrected chi connectivity index (χ4v) is 4.00. The molecule has 0 aliphatic heterocycles. The van der Waals surface area contributed by atoms with Gasteiger partial charge < -0.3 is 15.3 Å². The minimum absolute atomic E-state index is 0.105. The van der Waals surface area contributed by atoms with Gasteiger partial charge >= 0.3 is 5.97 Å². The lowest BCUT2D eigenvalue weighted by Crippen LogP contribution is -2.19. The lowest BCUT2D eigenvalue weighted by molar-refractivity contribution is -0.137. The van der Waals surface area contributed by atoms with Gasteiger partial charge in [-0.2, -0.15) is 0 Å². The molecule has 0 aromatic heterocycles. The number of Topliss-reactive ketones (excluding diaryl/α,β-unsaturated/α-hetero) is 1. The SMILES string of the molecule is CCCC[C@H](C)C[C@H](O)C=C[C@H]1[C@H](O)CC(=O)[C@@H]1CCCCCCC(=O)O. The van der Waals surface area contributed by atoms with E-state index in [2.05, 4.69) is 13.8 Å². The van der Waals surface area contributed by atoms with E-state index in [4.69, 9.17) is 5.11 Å². The number of carbonyl (C=O) groups excluding carboxylic acids is 1. The number of hydrogen-bond acceptors (Lipinski definition) is 4. The molecule has 1 saturated carbocycles. The fraction of sp³-hybridized carbons (Fsp3) is 0.818. The molecular formula is C22H38O5. The van der Waals surface area contributed by atoms with Gasteiger partial charge in [0.25, 0.3) is 0 Å². The van der Waals surface area contributed by atoms with E-state index in [-0.39, 0.29) is 30.5 Å². The number of hydrogen-bond donors (Lipinski definition) is 3. The second kappa shape index (κ2) is 13.1. The number of aliphatic hydroxyl groups excluding tert-OH is 2. The molecular weight excluding hydrogens is 344 g/mol. The lowest BCUT2D eigenvalue weighted by atomic mass is 9.88. The van der Waals surface area contributed by atoms with Crippen molar-refractivity contribution in [2.45, 2.75) is 96.7 Å². The van der Waals surface area contributed by atoms with Crippen LogP contribution in [0.2, 0.25) is 0 Å². The van der Waals surface area contributed by atoms with Crippen molar-refractivity contribution in [1.82, 2.24) is 0 Å². The summed E-state index contributed by atoms with van der Waals surface area (Å²) in [6, 6.07) is 0. The quantitative estimate of drug-likeness (QED) is 0.310. The predicted molar refractivity (Wildman–Crippen MR) is 106 cm³/mol. The van der Waals surface area contributed by atoms with Gasteiger partial charge in [0.2, 0.25) is 0 Å². The standard InChI is InChI=1S/C22H38O5/c1-3-4-9-16(2)14-17(23)12-13-19-18(20(24)15-21(19)25)10-7-5-6-8-11-22(26)27/h12-13,16-19,21,23,25H,3-11,14-15H2,1-2H3,(H,26,27)/t16-,17+,18+,19+,21+/m0/s1. The molecule has 0 saturated heterocycles. The van der Waals surface area contributed by atoms with Crippen LogP contribution in [0.4, 0.5) is 0 Å². The minimum atomic E-state index is -0.767. The lowest BCUT2D eigenvalue weighted by Gasteiger charge is -2.19. The highest BCUT2D eigenvalue weighted by atomic mass is 16.4. The highest BCUT2D eigenvalue weighted by Gasteiger charge is 2.39. The molecule has 5 heteroatoms. The summed E-state index contributed by atoms with van der Waals surface area (Å²) in [5.74, 6) is -0.593. The molecule has 27 heavy (non-hydrogen) atoms. The van der Waals surface area contributed by atoms with Crippen molar-refractivity contribution in [2.75, 3.05) is 0 Å². The van der Waals surface area contributed by atoms with Gasteiger partial charge in [0, 0.05) is 24.7 Å². The molecule has 1 rings (SSSR count). The number of aliphatic hydroxyl groups is 2. The van der Waals surface area contributed by atoms with Crippen molar-refractivity contribution < 1.29 is 24.9 Å². The van der Waals surface area contributed by atoms with E-state index >= 15 is 0 Å². The Morgan fingerprint density at radius 1 is 1.22 bits per heavy atom. The van der Waals surface area contributed by atoms with E-state index in [0.717, 1.165) is 38.5 Å². The zero-order valence-corrected chi connectivity index (χ0v) is 17.0. The van der Waals surface area contributed by atoms with Gasteiger partial charge in [0.15, 0.2) is 0 Å². The summed E-state index contributed by atoms with van der Waals surface area (Å²) < 4.78 is 0. The Hall–Kier alpha value is -1.20. The highest BCUT2D eigenvalue weighted by Crippen LogP contribution is 2.34. The van der Waals surface area contributed by atoms with E-state index in [1.165, 1.54) is 6.42 Å². The molecule has 1 fully saturated rings. The average Bonchev–Trinajstić information content (AvgIpc) is 2.87. The van der Waals surface area contributed by atoms with Crippen molar-refractivity contribution >= 4 is 11.8 Å². The molecule has 0 aromatic rings. The van der Waals surface area contributed by atoms with Crippen molar-refractivity contribution in [1.29, 1.82) is 0 Å². The number of rotatable bonds is 14. The Morgan fingerprint density at radius 2 is 1.93 bits per heavy atom. The Balaban J connectivity index is 2.43. The molecule has 0 heterocycles. The third-order valence-corrected chi connectivity index (χ3v) is 5.64. The van der Waals surface area contributed by atoms with Crippen LogP contribution < -0.4 is 0 Å². The second-order valence-corrected chi connectivity index (χ2v) is 8.20. The smallest absolute Gasteiger partial charge is 0.303 e. The van der Waals surface area contributed by atoms with Crippen molar-refractivity contribution in [2.24, 2.45) is 17.8 Å². The van der Waals surface area contributed by atoms with Gasteiger partial charge in [0.05, 0.1) is 12.2 Å². The maximum atomic E-state index is 12.2. The average molecular weight is 383 g/mol. The first-order chi connectivity index (χ1) is 12.8. The summed E-state index contributed by atoms with van der Waals surface area (Å²) >= 11 is 0. The molecule has 0 spiro atoms. The maximum Gasteiger partial charge on any atom is 0.303 e. The zero-order valence-electron chi connectivity index (χ0n) is 17.0. The zero-order chi connectivity index (χ0) is 20.2. The molecule has 1 aliphatic carbocycles. The Kier molecular flexibility index (Phi) is 11.5.